The average molecular weight is 575 g/mol. The quantitative estimate of drug-likeness (QED) is 0.362. The number of quaternary nitrogens is 1. The molecule has 1 amide bonds. The van der Waals surface area contributed by atoms with E-state index < -0.39 is 22.0 Å². The van der Waals surface area contributed by atoms with Crippen LogP contribution >= 0.6 is 0 Å². The van der Waals surface area contributed by atoms with E-state index in [1.165, 1.54) is 6.26 Å². The number of carbonyl (C=O) groups is 2. The Hall–Kier alpha value is -4.49. The molecule has 0 radical (unpaired) electrons. The molecule has 0 unspecified atom stereocenters. The third-order valence-corrected chi connectivity index (χ3v) is 6.63. The van der Waals surface area contributed by atoms with E-state index in [1.807, 2.05) is 31.2 Å². The van der Waals surface area contributed by atoms with Crippen LogP contribution in [0.4, 0.5) is 18.9 Å². The van der Waals surface area contributed by atoms with Gasteiger partial charge in [0.05, 0.1) is 22.8 Å². The maximum atomic E-state index is 13.1. The highest BCUT2D eigenvalue weighted by molar-refractivity contribution is 7.90. The van der Waals surface area contributed by atoms with Crippen LogP contribution in [0.1, 0.15) is 21.7 Å². The van der Waals surface area contributed by atoms with E-state index in [1.54, 1.807) is 59.3 Å². The lowest BCUT2D eigenvalue weighted by Gasteiger charge is -2.11. The maximum absolute atomic E-state index is 13.1. The number of carboxylic acid groups (broad SMARTS) is 1. The van der Waals surface area contributed by atoms with Gasteiger partial charge in [0, 0.05) is 23.1 Å². The standard InChI is InChI=1S/C25H24N4O3S.C2HF3O2/c1-17-14-23(29(28-17)21-7-5-6-18(15-21)16-26)25(30)27-20-12-10-19(11-13-20)22-8-3-4-9-24(22)33(2,31)32;3-2(4,5)1(6)7/h3-15H,16,26H2,1-2H3,(H,27,30);(H,6,7). The predicted octanol–water partition coefficient (Wildman–Crippen LogP) is 2.54. The van der Waals surface area contributed by atoms with Crippen molar-refractivity contribution in [2.24, 2.45) is 0 Å². The normalized spacial score (nSPS) is 11.3. The van der Waals surface area contributed by atoms with Crippen LogP contribution in [0, 0.1) is 6.92 Å². The zero-order chi connectivity index (χ0) is 29.7. The molecule has 1 heterocycles. The molecule has 9 nitrogen and oxygen atoms in total. The molecule has 4 rings (SSSR count). The average Bonchev–Trinajstić information content (AvgIpc) is 3.30. The molecule has 4 N–H and O–H groups in total. The summed E-state index contributed by atoms with van der Waals surface area (Å²) in [7, 11) is -3.36. The summed E-state index contributed by atoms with van der Waals surface area (Å²) in [5.74, 6) is -3.30. The van der Waals surface area contributed by atoms with Crippen LogP contribution in [0.25, 0.3) is 16.8 Å². The van der Waals surface area contributed by atoms with E-state index in [4.69, 9.17) is 9.90 Å². The molecule has 0 spiro atoms. The summed E-state index contributed by atoms with van der Waals surface area (Å²) in [5, 5.41) is 16.2. The molecule has 40 heavy (non-hydrogen) atoms. The Morgan fingerprint density at radius 1 is 1.00 bits per heavy atom. The first-order valence-electron chi connectivity index (χ1n) is 11.6. The highest BCUT2D eigenvalue weighted by Crippen LogP contribution is 2.28. The van der Waals surface area contributed by atoms with E-state index in [0.29, 0.717) is 23.5 Å². The van der Waals surface area contributed by atoms with Gasteiger partial charge in [0.1, 0.15) is 11.7 Å². The number of aliphatic carboxylic acids is 1. The minimum Gasteiger partial charge on any atom is -0.542 e. The maximum Gasteiger partial charge on any atom is 0.430 e. The number of nitrogens with one attached hydrogen (secondary N) is 1. The molecule has 0 aliphatic rings. The molecule has 0 fully saturated rings. The Morgan fingerprint density at radius 3 is 2.20 bits per heavy atom. The zero-order valence-electron chi connectivity index (χ0n) is 21.4. The van der Waals surface area contributed by atoms with Gasteiger partial charge in [0.2, 0.25) is 0 Å². The number of hydrogen-bond acceptors (Lipinski definition) is 6. The summed E-state index contributed by atoms with van der Waals surface area (Å²) in [4.78, 5) is 22.1. The first-order valence-corrected chi connectivity index (χ1v) is 13.5. The molecular weight excluding hydrogens is 549 g/mol. The number of alkyl halides is 3. The van der Waals surface area contributed by atoms with Gasteiger partial charge in [-0.15, -0.1) is 0 Å². The van der Waals surface area contributed by atoms with Crippen LogP contribution in [0.5, 0.6) is 0 Å². The van der Waals surface area contributed by atoms with Gasteiger partial charge in [-0.2, -0.15) is 18.3 Å². The smallest absolute Gasteiger partial charge is 0.430 e. The Bertz CT molecular complexity index is 1630. The Morgan fingerprint density at radius 2 is 1.62 bits per heavy atom. The van der Waals surface area contributed by atoms with Crippen LogP contribution in [-0.4, -0.2) is 42.5 Å². The number of halogens is 3. The molecule has 0 aliphatic carbocycles. The number of sulfone groups is 1. The number of hydrogen-bond donors (Lipinski definition) is 2. The minimum atomic E-state index is -5.19. The second-order valence-corrected chi connectivity index (χ2v) is 10.6. The molecule has 0 bridgehead atoms. The minimum absolute atomic E-state index is 0.269. The predicted molar refractivity (Wildman–Crippen MR) is 139 cm³/mol. The molecule has 0 aliphatic heterocycles. The number of nitrogens with zero attached hydrogens (tertiary/aromatic N) is 2. The number of carboxylic acids is 1. The summed E-state index contributed by atoms with van der Waals surface area (Å²) in [6.07, 6.45) is -4.00. The fourth-order valence-electron chi connectivity index (χ4n) is 3.66. The number of carbonyl (C=O) groups excluding carboxylic acids is 2. The molecule has 1 aromatic heterocycles. The fraction of sp³-hybridized carbons (Fsp3) is 0.148. The van der Waals surface area contributed by atoms with Crippen molar-refractivity contribution in [3.8, 4) is 16.8 Å². The van der Waals surface area contributed by atoms with E-state index in [2.05, 4.69) is 16.1 Å². The first kappa shape index (κ1) is 30.1. The van der Waals surface area contributed by atoms with Gasteiger partial charge in [-0.3, -0.25) is 4.79 Å². The molecule has 210 valence electrons. The van der Waals surface area contributed by atoms with Gasteiger partial charge in [-0.05, 0) is 48.9 Å². The molecule has 4 aromatic rings. The lowest BCUT2D eigenvalue weighted by Crippen LogP contribution is -2.47. The van der Waals surface area contributed by atoms with E-state index in [9.17, 15) is 26.4 Å². The third-order valence-electron chi connectivity index (χ3n) is 5.48. The second kappa shape index (κ2) is 12.1. The number of aryl methyl sites for hydroxylation is 1. The molecule has 0 saturated heterocycles. The SMILES string of the molecule is Cc1cc(C(=O)Nc2ccc(-c3ccccc3S(C)(=O)=O)cc2)n(-c2cccc(C[NH3+])c2)n1.O=C([O-])C(F)(F)F. The van der Waals surface area contributed by atoms with Gasteiger partial charge in [-0.25, -0.2) is 13.1 Å². The summed E-state index contributed by atoms with van der Waals surface area (Å²) < 4.78 is 57.4. The van der Waals surface area contributed by atoms with Gasteiger partial charge in [0.15, 0.2) is 9.84 Å². The third kappa shape index (κ3) is 7.55. The number of aromatic nitrogens is 2. The van der Waals surface area contributed by atoms with Crippen molar-refractivity contribution in [3.63, 3.8) is 0 Å². The Balaban J connectivity index is 0.000000559. The topological polar surface area (TPSA) is 149 Å². The largest absolute Gasteiger partial charge is 0.542 e. The van der Waals surface area contributed by atoms with Crippen LogP contribution in [0.2, 0.25) is 0 Å². The van der Waals surface area contributed by atoms with Crippen molar-refractivity contribution in [1.82, 2.24) is 9.78 Å². The van der Waals surface area contributed by atoms with Gasteiger partial charge in [0.25, 0.3) is 5.91 Å². The lowest BCUT2D eigenvalue weighted by atomic mass is 10.1. The zero-order valence-corrected chi connectivity index (χ0v) is 22.2. The highest BCUT2D eigenvalue weighted by Gasteiger charge is 2.28. The van der Waals surface area contributed by atoms with Crippen LogP contribution in [0.15, 0.2) is 83.8 Å². The molecule has 0 saturated carbocycles. The highest BCUT2D eigenvalue weighted by atomic mass is 32.2. The number of benzene rings is 3. The second-order valence-electron chi connectivity index (χ2n) is 8.59. The van der Waals surface area contributed by atoms with E-state index in [-0.39, 0.29) is 10.8 Å². The summed E-state index contributed by atoms with van der Waals surface area (Å²) >= 11 is 0. The Kier molecular flexibility index (Phi) is 9.12. The monoisotopic (exact) mass is 574 g/mol. The van der Waals surface area contributed by atoms with Crippen LogP contribution in [-0.2, 0) is 21.2 Å². The number of rotatable bonds is 6. The number of anilines is 1. The molecular formula is C27H25F3N4O5S. The summed E-state index contributed by atoms with van der Waals surface area (Å²) in [6.45, 7) is 2.48. The van der Waals surface area contributed by atoms with Gasteiger partial charge < -0.3 is 21.0 Å². The van der Waals surface area contributed by atoms with Gasteiger partial charge >= 0.3 is 6.18 Å². The first-order chi connectivity index (χ1) is 18.7. The van der Waals surface area contributed by atoms with Crippen molar-refractivity contribution in [2.45, 2.75) is 24.5 Å². The van der Waals surface area contributed by atoms with Crippen molar-refractivity contribution in [3.05, 3.63) is 95.8 Å². The van der Waals surface area contributed by atoms with Gasteiger partial charge in [-0.1, -0.05) is 42.5 Å². The van der Waals surface area contributed by atoms with Crippen molar-refractivity contribution in [2.75, 3.05) is 11.6 Å². The molecule has 0 atom stereocenters. The lowest BCUT2D eigenvalue weighted by molar-refractivity contribution is -0.386. The summed E-state index contributed by atoms with van der Waals surface area (Å²) in [6, 6.07) is 23.4. The van der Waals surface area contributed by atoms with Crippen molar-refractivity contribution < 1.29 is 42.0 Å². The van der Waals surface area contributed by atoms with Crippen molar-refractivity contribution in [1.29, 1.82) is 0 Å². The van der Waals surface area contributed by atoms with E-state index in [0.717, 1.165) is 22.5 Å². The molecule has 3 aromatic carbocycles. The fourth-order valence-corrected chi connectivity index (χ4v) is 4.57. The Labute approximate surface area is 228 Å². The van der Waals surface area contributed by atoms with Crippen molar-refractivity contribution >= 4 is 27.4 Å². The van der Waals surface area contributed by atoms with E-state index >= 15 is 0 Å². The summed E-state index contributed by atoms with van der Waals surface area (Å²) in [5.41, 5.74) is 8.87. The van der Waals surface area contributed by atoms with Crippen LogP contribution in [0.3, 0.4) is 0 Å². The number of amides is 1. The molecule has 13 heteroatoms. The van der Waals surface area contributed by atoms with Crippen LogP contribution < -0.4 is 16.2 Å².